The zero-order chi connectivity index (χ0) is 41.9. The molecule has 0 unspecified atom stereocenters. The molecule has 1 aromatic heterocycles. The second-order valence-electron chi connectivity index (χ2n) is 11.9. The Bertz CT molecular complexity index is 3420. The molecule has 1 heterocycles. The van der Waals surface area contributed by atoms with Gasteiger partial charge in [-0.2, -0.15) is 0 Å². The Morgan fingerprint density at radius 2 is 1.06 bits per heavy atom. The Morgan fingerprint density at radius 1 is 0.388 bits per heavy atom. The van der Waals surface area contributed by atoms with Crippen molar-refractivity contribution in [3.63, 3.8) is 0 Å². The smallest absolute Gasteiger partial charge is 0.136 e. The summed E-state index contributed by atoms with van der Waals surface area (Å²) < 4.78 is 105. The third-order valence-corrected chi connectivity index (χ3v) is 9.24. The third kappa shape index (κ3) is 4.40. The molecule has 10 rings (SSSR count). The molecule has 0 atom stereocenters. The Balaban J connectivity index is 1.38. The lowest BCUT2D eigenvalue weighted by Crippen LogP contribution is -1.92. The van der Waals surface area contributed by atoms with E-state index in [-0.39, 0.29) is 33.5 Å². The highest BCUT2D eigenvalue weighted by Gasteiger charge is 2.21. The first-order valence-electron chi connectivity index (χ1n) is 21.5. The van der Waals surface area contributed by atoms with Crippen LogP contribution in [-0.4, -0.2) is 0 Å². The van der Waals surface area contributed by atoms with Crippen LogP contribution in [0.1, 0.15) is 15.1 Å². The monoisotopic (exact) mass is 633 g/mol. The van der Waals surface area contributed by atoms with Crippen LogP contribution in [0.5, 0.6) is 0 Å². The molecule has 0 spiro atoms. The van der Waals surface area contributed by atoms with Crippen LogP contribution in [0.3, 0.4) is 0 Å². The molecule has 0 N–H and O–H groups in total. The number of benzene rings is 9. The Morgan fingerprint density at radius 3 is 1.82 bits per heavy atom. The lowest BCUT2D eigenvalue weighted by molar-refractivity contribution is 0.669. The van der Waals surface area contributed by atoms with Crippen molar-refractivity contribution in [1.82, 2.24) is 0 Å². The molecular formula is C48H30O. The first-order chi connectivity index (χ1) is 28.9. The summed E-state index contributed by atoms with van der Waals surface area (Å²) in [6.07, 6.45) is 0. The molecule has 0 saturated carbocycles. The van der Waals surface area contributed by atoms with E-state index in [1.807, 2.05) is 91.0 Å². The van der Waals surface area contributed by atoms with Crippen LogP contribution in [0.15, 0.2) is 186 Å². The van der Waals surface area contributed by atoms with Gasteiger partial charge in [0.25, 0.3) is 0 Å². The highest BCUT2D eigenvalue weighted by molar-refractivity contribution is 6.26. The number of furan rings is 1. The van der Waals surface area contributed by atoms with Gasteiger partial charge in [0, 0.05) is 10.8 Å². The van der Waals surface area contributed by atoms with Crippen molar-refractivity contribution in [1.29, 1.82) is 0 Å². The van der Waals surface area contributed by atoms with E-state index >= 15 is 0 Å². The average molecular weight is 634 g/mol. The summed E-state index contributed by atoms with van der Waals surface area (Å²) in [4.78, 5) is 0. The Kier molecular flexibility index (Phi) is 4.25. The van der Waals surface area contributed by atoms with Crippen LogP contribution >= 0.6 is 0 Å². The van der Waals surface area contributed by atoms with Gasteiger partial charge in [-0.15, -0.1) is 0 Å². The molecule has 9 aromatic carbocycles. The van der Waals surface area contributed by atoms with Crippen molar-refractivity contribution in [2.24, 2.45) is 0 Å². The van der Waals surface area contributed by atoms with E-state index in [1.165, 1.54) is 0 Å². The lowest BCUT2D eigenvalue weighted by Gasteiger charge is -2.19. The fourth-order valence-corrected chi connectivity index (χ4v) is 7.16. The molecule has 10 aromatic rings. The molecule has 0 bridgehead atoms. The van der Waals surface area contributed by atoms with Crippen molar-refractivity contribution in [2.75, 3.05) is 0 Å². The fraction of sp³-hybridized carbons (Fsp3) is 0. The molecule has 1 heteroatoms. The molecule has 228 valence electrons. The van der Waals surface area contributed by atoms with Crippen molar-refractivity contribution < 1.29 is 19.5 Å². The quantitative estimate of drug-likeness (QED) is 0.176. The summed E-state index contributed by atoms with van der Waals surface area (Å²) in [6.45, 7) is 0. The van der Waals surface area contributed by atoms with Gasteiger partial charge in [-0.25, -0.2) is 0 Å². The van der Waals surface area contributed by atoms with Gasteiger partial charge >= 0.3 is 0 Å². The van der Waals surface area contributed by atoms with Crippen molar-refractivity contribution in [3.05, 3.63) is 182 Å². The zero-order valence-corrected chi connectivity index (χ0v) is 25.9. The minimum Gasteiger partial charge on any atom is -0.456 e. The largest absolute Gasteiger partial charge is 0.456 e. The summed E-state index contributed by atoms with van der Waals surface area (Å²) >= 11 is 0. The van der Waals surface area contributed by atoms with Crippen LogP contribution < -0.4 is 0 Å². The topological polar surface area (TPSA) is 13.1 Å². The van der Waals surface area contributed by atoms with Crippen LogP contribution in [0, 0.1) is 0 Å². The standard InChI is InChI=1S/C48H30O/c1-3-14-31(15-4-1)33-26-27-44-43(29-33)48-41(24-13-25-45(48)49-44)47-39-22-11-9-20-37(39)46(38-21-10-12-23-40(38)47)35-28-34-18-7-8-19-36(34)42(30-35)32-16-5-2-6-17-32/h1-30H/i2D,5D,6D,7D,8D,16D,17D,18D,19D,28D,30D. The van der Waals surface area contributed by atoms with Crippen molar-refractivity contribution >= 4 is 54.3 Å². The zero-order valence-electron chi connectivity index (χ0n) is 36.9. The van der Waals surface area contributed by atoms with Crippen molar-refractivity contribution in [3.8, 4) is 44.5 Å². The second-order valence-corrected chi connectivity index (χ2v) is 11.9. The predicted molar refractivity (Wildman–Crippen MR) is 208 cm³/mol. The molecule has 49 heavy (non-hydrogen) atoms. The van der Waals surface area contributed by atoms with Gasteiger partial charge in [0.2, 0.25) is 0 Å². The average Bonchev–Trinajstić information content (AvgIpc) is 3.65. The van der Waals surface area contributed by atoms with E-state index in [2.05, 4.69) is 24.3 Å². The second kappa shape index (κ2) is 11.1. The van der Waals surface area contributed by atoms with E-state index < -0.39 is 60.4 Å². The summed E-state index contributed by atoms with van der Waals surface area (Å²) in [7, 11) is 0. The van der Waals surface area contributed by atoms with Gasteiger partial charge in [0.05, 0.1) is 15.1 Å². The van der Waals surface area contributed by atoms with Gasteiger partial charge in [0.1, 0.15) is 11.2 Å². The molecule has 0 saturated heterocycles. The normalized spacial score (nSPS) is 14.8. The minimum absolute atomic E-state index is 0.00670. The number of fused-ring (bicyclic) bond motifs is 6. The van der Waals surface area contributed by atoms with Crippen LogP contribution in [-0.2, 0) is 0 Å². The van der Waals surface area contributed by atoms with Gasteiger partial charge in [-0.05, 0) is 107 Å². The molecule has 0 aliphatic heterocycles. The summed E-state index contributed by atoms with van der Waals surface area (Å²) in [5.74, 6) is 0. The first kappa shape index (κ1) is 18.8. The maximum absolute atomic E-state index is 9.94. The molecule has 0 fully saturated rings. The summed E-state index contributed by atoms with van der Waals surface area (Å²) in [5, 5.41) is 4.14. The van der Waals surface area contributed by atoms with E-state index in [1.54, 1.807) is 0 Å². The highest BCUT2D eigenvalue weighted by Crippen LogP contribution is 2.48. The molecule has 1 nitrogen and oxygen atoms in total. The fourth-order valence-electron chi connectivity index (χ4n) is 7.16. The SMILES string of the molecule is [2H]c1c([2H])c([2H])c(-c2c([2H])c(-c3c4ccccc4c(-c4cccc5oc6ccc(-c7ccccc7)cc6c45)c4ccccc34)c([2H])c3c([2H])c([2H])c([2H])c([2H])c23)c([2H])c1[2H]. The Labute approximate surface area is 299 Å². The van der Waals surface area contributed by atoms with Gasteiger partial charge in [0.15, 0.2) is 0 Å². The van der Waals surface area contributed by atoms with E-state index in [0.717, 1.165) is 49.4 Å². The predicted octanol–water partition coefficient (Wildman–Crippen LogP) is 13.7. The third-order valence-electron chi connectivity index (χ3n) is 9.24. The maximum Gasteiger partial charge on any atom is 0.136 e. The molecule has 0 radical (unpaired) electrons. The van der Waals surface area contributed by atoms with Crippen molar-refractivity contribution in [2.45, 2.75) is 0 Å². The van der Waals surface area contributed by atoms with Gasteiger partial charge in [-0.1, -0.05) is 151 Å². The lowest BCUT2D eigenvalue weighted by atomic mass is 9.83. The van der Waals surface area contributed by atoms with E-state index in [0.29, 0.717) is 21.9 Å². The number of hydrogen-bond acceptors (Lipinski definition) is 1. The van der Waals surface area contributed by atoms with Crippen LogP contribution in [0.4, 0.5) is 0 Å². The number of rotatable bonds is 4. The van der Waals surface area contributed by atoms with E-state index in [4.69, 9.17) is 16.8 Å². The maximum atomic E-state index is 9.94. The molecule has 0 aliphatic carbocycles. The van der Waals surface area contributed by atoms with E-state index in [9.17, 15) is 2.74 Å². The molecular weight excluding hydrogens is 593 g/mol. The summed E-state index contributed by atoms with van der Waals surface area (Å²) in [6, 6.07) is 31.1. The molecule has 0 aliphatic rings. The summed E-state index contributed by atoms with van der Waals surface area (Å²) in [5.41, 5.74) is 5.02. The minimum atomic E-state index is -0.659. The highest BCUT2D eigenvalue weighted by atomic mass is 16.3. The van der Waals surface area contributed by atoms with Crippen LogP contribution in [0.2, 0.25) is 0 Å². The number of hydrogen-bond donors (Lipinski definition) is 0. The Hall–Kier alpha value is -6.44. The first-order valence-corrected chi connectivity index (χ1v) is 16.0. The van der Waals surface area contributed by atoms with Gasteiger partial charge in [-0.3, -0.25) is 0 Å². The van der Waals surface area contributed by atoms with Gasteiger partial charge < -0.3 is 4.42 Å². The molecule has 0 amide bonds. The van der Waals surface area contributed by atoms with Crippen LogP contribution in [0.25, 0.3) is 98.8 Å².